The predicted octanol–water partition coefficient (Wildman–Crippen LogP) is -4.31. The molecule has 0 spiro atoms. The molecule has 0 fully saturated rings. The molecule has 2 amide bonds. The van der Waals surface area contributed by atoms with E-state index in [0.29, 0.717) is 51.9 Å². The summed E-state index contributed by atoms with van der Waals surface area (Å²) in [5.41, 5.74) is 16.4. The normalized spacial score (nSPS) is 16.6. The number of hydrogen-bond acceptors (Lipinski definition) is 9. The maximum absolute atomic E-state index is 13.0. The van der Waals surface area contributed by atoms with Crippen molar-refractivity contribution in [2.24, 2.45) is 23.1 Å². The molecule has 0 aliphatic heterocycles. The number of aliphatic hydroxyl groups is 4. The number of carbonyl (C=O) groups excluding carboxylic acids is 2. The summed E-state index contributed by atoms with van der Waals surface area (Å²) in [5, 5.41) is 50.7. The third-order valence-electron chi connectivity index (χ3n) is 7.01. The minimum atomic E-state index is -1.46. The van der Waals surface area contributed by atoms with Crippen molar-refractivity contribution in [3.63, 3.8) is 0 Å². The number of unbranched alkanes of at least 4 members (excludes halogenated alkanes) is 3. The second-order valence-electron chi connectivity index (χ2n) is 10.9. The molecule has 14 nitrogen and oxygen atoms in total. The van der Waals surface area contributed by atoms with Crippen molar-refractivity contribution in [2.45, 2.75) is 108 Å². The van der Waals surface area contributed by atoms with E-state index in [2.05, 4.69) is 33.2 Å². The van der Waals surface area contributed by atoms with Gasteiger partial charge in [0.25, 0.3) is 0 Å². The highest BCUT2D eigenvalue weighted by molar-refractivity contribution is 5.89. The smallest absolute Gasteiger partial charge is 0.338 e. The van der Waals surface area contributed by atoms with Gasteiger partial charge in [-0.15, -0.1) is 0 Å². The molecular weight excluding hydrogens is 532 g/mol. The molecule has 0 saturated carbocycles. The average Bonchev–Trinajstić information content (AvgIpc) is 2.93. The fourth-order valence-electron chi connectivity index (χ4n) is 4.27. The topological polar surface area (TPSA) is 255 Å². The first-order chi connectivity index (χ1) is 19.4. The van der Waals surface area contributed by atoms with Crippen molar-refractivity contribution in [3.8, 4) is 0 Å². The zero-order valence-corrected chi connectivity index (χ0v) is 25.3. The predicted molar refractivity (Wildman–Crippen MR) is 159 cm³/mol. The highest BCUT2D eigenvalue weighted by Gasteiger charge is 2.28. The summed E-state index contributed by atoms with van der Waals surface area (Å²) < 4.78 is 0. The van der Waals surface area contributed by atoms with Gasteiger partial charge in [0.1, 0.15) is 18.2 Å². The summed E-state index contributed by atoms with van der Waals surface area (Å²) in [6, 6.07) is -1.11. The second-order valence-corrected chi connectivity index (χ2v) is 10.9. The largest absolute Gasteiger partial charge is 0.391 e. The van der Waals surface area contributed by atoms with Crippen molar-refractivity contribution < 1.29 is 35.0 Å². The van der Waals surface area contributed by atoms with E-state index in [1.54, 1.807) is 7.05 Å². The Morgan fingerprint density at radius 2 is 1.44 bits per heavy atom. The Balaban J connectivity index is 4.59. The van der Waals surface area contributed by atoms with Crippen LogP contribution in [0.25, 0.3) is 0 Å². The Hall–Kier alpha value is -2.07. The van der Waals surface area contributed by atoms with Gasteiger partial charge in [-0.3, -0.25) is 26.0 Å². The van der Waals surface area contributed by atoms with Crippen LogP contribution in [0, 0.1) is 5.92 Å². The molecule has 0 radical (unpaired) electrons. The van der Waals surface area contributed by atoms with E-state index in [1.807, 2.05) is 0 Å². The zero-order chi connectivity index (χ0) is 31.2. The molecule has 0 aliphatic rings. The van der Waals surface area contributed by atoms with Gasteiger partial charge < -0.3 is 47.4 Å². The maximum Gasteiger partial charge on any atom is 0.338 e. The summed E-state index contributed by atoms with van der Waals surface area (Å²) in [6.07, 6.45) is 1.53. The van der Waals surface area contributed by atoms with Crippen molar-refractivity contribution in [3.05, 3.63) is 0 Å². The molecular formula is C27H59N8O6+. The van der Waals surface area contributed by atoms with Crippen molar-refractivity contribution >= 4 is 17.8 Å². The summed E-state index contributed by atoms with van der Waals surface area (Å²) in [6.45, 7) is 5.75. The molecule has 0 aliphatic carbocycles. The molecule has 0 heterocycles. The molecule has 41 heavy (non-hydrogen) atoms. The molecule has 15 N–H and O–H groups in total. The fourth-order valence-corrected chi connectivity index (χ4v) is 4.27. The Morgan fingerprint density at radius 1 is 0.805 bits per heavy atom. The number of likely N-dealkylation sites (N-methyl/N-ethyl adjacent to an activating group) is 1. The van der Waals surface area contributed by atoms with Gasteiger partial charge in [0, 0.05) is 13.1 Å². The van der Waals surface area contributed by atoms with Crippen LogP contribution in [0.3, 0.4) is 0 Å². The lowest BCUT2D eigenvalue weighted by molar-refractivity contribution is -0.459. The summed E-state index contributed by atoms with van der Waals surface area (Å²) in [7, 11) is 1.70. The minimum absolute atomic E-state index is 0.0540. The first-order valence-electron chi connectivity index (χ1n) is 14.9. The van der Waals surface area contributed by atoms with Crippen LogP contribution < -0.4 is 43.5 Å². The van der Waals surface area contributed by atoms with E-state index in [4.69, 9.17) is 17.2 Å². The van der Waals surface area contributed by atoms with E-state index in [9.17, 15) is 30.0 Å². The molecule has 0 aromatic rings. The third-order valence-corrected chi connectivity index (χ3v) is 7.01. The number of nitrogens with two attached hydrogens (primary N) is 3. The van der Waals surface area contributed by atoms with Gasteiger partial charge in [-0.1, -0.05) is 13.3 Å². The van der Waals surface area contributed by atoms with Crippen molar-refractivity contribution in [2.75, 3.05) is 39.8 Å². The highest BCUT2D eigenvalue weighted by atomic mass is 16.4. The van der Waals surface area contributed by atoms with Crippen LogP contribution in [0.15, 0.2) is 0 Å². The lowest BCUT2D eigenvalue weighted by Crippen LogP contribution is -2.78. The summed E-state index contributed by atoms with van der Waals surface area (Å²) in [5.74, 6) is 0.0568. The van der Waals surface area contributed by atoms with E-state index in [0.717, 1.165) is 32.1 Å². The second kappa shape index (κ2) is 23.5. The monoisotopic (exact) mass is 591 g/mol. The van der Waals surface area contributed by atoms with Gasteiger partial charge >= 0.3 is 5.96 Å². The third kappa shape index (κ3) is 18.9. The maximum atomic E-state index is 13.0. The van der Waals surface area contributed by atoms with Crippen LogP contribution >= 0.6 is 0 Å². The highest BCUT2D eigenvalue weighted by Crippen LogP contribution is 2.08. The van der Waals surface area contributed by atoms with E-state index in [-0.39, 0.29) is 30.2 Å². The number of amides is 2. The van der Waals surface area contributed by atoms with Crippen LogP contribution in [-0.2, 0) is 9.59 Å². The number of nitrogens with one attached hydrogen (secondary N) is 5. The van der Waals surface area contributed by atoms with Gasteiger partial charge in [0.15, 0.2) is 0 Å². The molecule has 14 heteroatoms. The van der Waals surface area contributed by atoms with E-state index < -0.39 is 36.5 Å². The van der Waals surface area contributed by atoms with Gasteiger partial charge in [-0.25, -0.2) is 0 Å². The number of hydrogen-bond donors (Lipinski definition) is 12. The fraction of sp³-hybridized carbons (Fsp3) is 0.889. The molecule has 0 aromatic carbocycles. The van der Waals surface area contributed by atoms with Crippen molar-refractivity contribution in [1.82, 2.24) is 21.3 Å². The SMILES string of the molecule is CNC(CCCCNCC(O)[C@H](O)[C@H](O)C(C)O)C(=O)NC(CCCCN)C(=O)NCC(C)CCCC[NH+]=C(N)N. The van der Waals surface area contributed by atoms with Crippen LogP contribution in [0.5, 0.6) is 0 Å². The van der Waals surface area contributed by atoms with Gasteiger partial charge in [0.2, 0.25) is 11.8 Å². The van der Waals surface area contributed by atoms with Gasteiger partial charge in [-0.2, -0.15) is 0 Å². The Labute approximate surface area is 245 Å². The summed E-state index contributed by atoms with van der Waals surface area (Å²) >= 11 is 0. The zero-order valence-electron chi connectivity index (χ0n) is 25.3. The van der Waals surface area contributed by atoms with Crippen LogP contribution in [0.2, 0.25) is 0 Å². The summed E-state index contributed by atoms with van der Waals surface area (Å²) in [4.78, 5) is 28.8. The van der Waals surface area contributed by atoms with E-state index >= 15 is 0 Å². The lowest BCUT2D eigenvalue weighted by Gasteiger charge is -2.25. The number of carbonyl (C=O) groups is 2. The quantitative estimate of drug-likeness (QED) is 0.0275. The first kappa shape index (κ1) is 38.9. The van der Waals surface area contributed by atoms with Crippen LogP contribution in [0.1, 0.15) is 71.6 Å². The van der Waals surface area contributed by atoms with Crippen LogP contribution in [0.4, 0.5) is 0 Å². The minimum Gasteiger partial charge on any atom is -0.391 e. The molecule has 5 unspecified atom stereocenters. The van der Waals surface area contributed by atoms with Crippen LogP contribution in [-0.4, -0.2) is 114 Å². The standard InChI is InChI=1S/C27H58N8O6/c1-18(10-5-9-15-33-27(29)30)16-34-25(40)21(12-4-7-13-28)35-26(41)20(31-3)11-6-8-14-32-17-22(37)24(39)23(38)19(2)36/h18-24,31-32,36-39H,4-17,28H2,1-3H3,(H,34,40)(H,35,41)(H4,29,30,33)/p+1/t18?,19?,20?,21?,22?,23-,24+/m1/s1. The first-order valence-corrected chi connectivity index (χ1v) is 14.9. The van der Waals surface area contributed by atoms with Gasteiger partial charge in [0.05, 0.1) is 24.8 Å². The lowest BCUT2D eigenvalue weighted by atomic mass is 10.0. The van der Waals surface area contributed by atoms with E-state index in [1.165, 1.54) is 6.92 Å². The molecule has 0 rings (SSSR count). The number of guanidine groups is 1. The number of aliphatic hydroxyl groups excluding tert-OH is 4. The molecule has 0 bridgehead atoms. The molecule has 0 aromatic heterocycles. The molecule has 242 valence electrons. The Bertz CT molecular complexity index is 726. The Kier molecular flexibility index (Phi) is 22.3. The molecule has 7 atom stereocenters. The Morgan fingerprint density at radius 3 is 2.05 bits per heavy atom. The van der Waals surface area contributed by atoms with Gasteiger partial charge in [-0.05, 0) is 84.3 Å². The molecule has 0 saturated heterocycles. The number of rotatable bonds is 25. The average molecular weight is 592 g/mol. The van der Waals surface area contributed by atoms with Crippen molar-refractivity contribution in [1.29, 1.82) is 0 Å².